The van der Waals surface area contributed by atoms with E-state index in [0.717, 1.165) is 6.54 Å². The quantitative estimate of drug-likeness (QED) is 0.852. The van der Waals surface area contributed by atoms with Gasteiger partial charge in [-0.25, -0.2) is 4.39 Å². The Labute approximate surface area is 102 Å². The summed E-state index contributed by atoms with van der Waals surface area (Å²) in [6.07, 6.45) is 0.432. The van der Waals surface area contributed by atoms with Crippen molar-refractivity contribution in [3.63, 3.8) is 0 Å². The topological polar surface area (TPSA) is 32.3 Å². The maximum Gasteiger partial charge on any atom is 0.228 e. The molecule has 0 aliphatic carbocycles. The van der Waals surface area contributed by atoms with Crippen LogP contribution in [0.15, 0.2) is 24.3 Å². The number of nitrogens with zero attached hydrogens (tertiary/aromatic N) is 1. The number of hydrogen-bond donors (Lipinski definition) is 1. The maximum absolute atomic E-state index is 12.7. The van der Waals surface area contributed by atoms with Gasteiger partial charge in [0, 0.05) is 25.2 Å². The van der Waals surface area contributed by atoms with Crippen molar-refractivity contribution in [2.45, 2.75) is 26.3 Å². The van der Waals surface area contributed by atoms with Crippen LogP contribution in [0, 0.1) is 5.82 Å². The predicted octanol–water partition coefficient (Wildman–Crippen LogP) is 2.18. The molecule has 1 unspecified atom stereocenters. The number of carbonyl (C=O) groups excluding carboxylic acids is 1. The summed E-state index contributed by atoms with van der Waals surface area (Å²) in [7, 11) is 1.70. The first-order chi connectivity index (χ1) is 8.04. The highest BCUT2D eigenvalue weighted by molar-refractivity contribution is 5.93. The van der Waals surface area contributed by atoms with Crippen LogP contribution in [0.3, 0.4) is 0 Å². The van der Waals surface area contributed by atoms with Crippen molar-refractivity contribution < 1.29 is 9.18 Å². The summed E-state index contributed by atoms with van der Waals surface area (Å²) in [4.78, 5) is 13.5. The van der Waals surface area contributed by atoms with E-state index in [1.54, 1.807) is 24.1 Å². The fraction of sp³-hybridized carbons (Fsp3) is 0.462. The highest BCUT2D eigenvalue weighted by Gasteiger charge is 2.13. The summed E-state index contributed by atoms with van der Waals surface area (Å²) in [5, 5.41) is 3.18. The SMILES string of the molecule is CCNC(C)CC(=O)N(C)c1ccc(F)cc1. The Morgan fingerprint density at radius 3 is 2.53 bits per heavy atom. The Kier molecular flexibility index (Phi) is 5.10. The zero-order chi connectivity index (χ0) is 12.8. The standard InChI is InChI=1S/C13H19FN2O/c1-4-15-10(2)9-13(17)16(3)12-7-5-11(14)6-8-12/h5-8,10,15H,4,9H2,1-3H3. The Bertz CT molecular complexity index is 364. The van der Waals surface area contributed by atoms with Gasteiger partial charge in [0.05, 0.1) is 0 Å². The third-order valence-corrected chi connectivity index (χ3v) is 2.62. The first-order valence-electron chi connectivity index (χ1n) is 5.80. The summed E-state index contributed by atoms with van der Waals surface area (Å²) in [6.45, 7) is 4.82. The van der Waals surface area contributed by atoms with Crippen LogP contribution in [-0.4, -0.2) is 25.5 Å². The van der Waals surface area contributed by atoms with Gasteiger partial charge in [0.1, 0.15) is 5.82 Å². The summed E-state index contributed by atoms with van der Waals surface area (Å²) in [6, 6.07) is 6.06. The summed E-state index contributed by atoms with van der Waals surface area (Å²) in [5.41, 5.74) is 0.708. The van der Waals surface area contributed by atoms with Crippen LogP contribution in [0.4, 0.5) is 10.1 Å². The van der Waals surface area contributed by atoms with Crippen LogP contribution in [0.1, 0.15) is 20.3 Å². The van der Waals surface area contributed by atoms with E-state index >= 15 is 0 Å². The monoisotopic (exact) mass is 238 g/mol. The highest BCUT2D eigenvalue weighted by Crippen LogP contribution is 2.14. The van der Waals surface area contributed by atoms with Crippen molar-refractivity contribution in [3.05, 3.63) is 30.1 Å². The minimum Gasteiger partial charge on any atom is -0.315 e. The molecule has 1 N–H and O–H groups in total. The molecular weight excluding hydrogens is 219 g/mol. The molecule has 0 aliphatic rings. The number of halogens is 1. The lowest BCUT2D eigenvalue weighted by Crippen LogP contribution is -2.34. The van der Waals surface area contributed by atoms with Crippen LogP contribution >= 0.6 is 0 Å². The van der Waals surface area contributed by atoms with Gasteiger partial charge >= 0.3 is 0 Å². The van der Waals surface area contributed by atoms with Gasteiger partial charge in [-0.2, -0.15) is 0 Å². The van der Waals surface area contributed by atoms with Crippen molar-refractivity contribution in [2.75, 3.05) is 18.5 Å². The van der Waals surface area contributed by atoms with Crippen molar-refractivity contribution in [1.29, 1.82) is 0 Å². The van der Waals surface area contributed by atoms with Crippen LogP contribution in [0.2, 0.25) is 0 Å². The van der Waals surface area contributed by atoms with E-state index in [0.29, 0.717) is 12.1 Å². The maximum atomic E-state index is 12.7. The lowest BCUT2D eigenvalue weighted by molar-refractivity contribution is -0.118. The molecule has 1 atom stereocenters. The molecule has 1 aromatic carbocycles. The normalized spacial score (nSPS) is 12.2. The second-order valence-electron chi connectivity index (χ2n) is 4.09. The average molecular weight is 238 g/mol. The fourth-order valence-corrected chi connectivity index (χ4v) is 1.63. The van der Waals surface area contributed by atoms with Crippen molar-refractivity contribution in [2.24, 2.45) is 0 Å². The second kappa shape index (κ2) is 6.35. The Hall–Kier alpha value is -1.42. The van der Waals surface area contributed by atoms with Gasteiger partial charge in [-0.15, -0.1) is 0 Å². The fourth-order valence-electron chi connectivity index (χ4n) is 1.63. The van der Waals surface area contributed by atoms with Gasteiger partial charge < -0.3 is 10.2 Å². The van der Waals surface area contributed by atoms with Gasteiger partial charge in [-0.1, -0.05) is 6.92 Å². The molecule has 3 nitrogen and oxygen atoms in total. The summed E-state index contributed by atoms with van der Waals surface area (Å²) < 4.78 is 12.7. The molecule has 0 radical (unpaired) electrons. The summed E-state index contributed by atoms with van der Waals surface area (Å²) >= 11 is 0. The van der Waals surface area contributed by atoms with E-state index in [1.165, 1.54) is 12.1 Å². The number of benzene rings is 1. The van der Waals surface area contributed by atoms with E-state index < -0.39 is 0 Å². The molecule has 0 spiro atoms. The molecule has 1 rings (SSSR count). The van der Waals surface area contributed by atoms with Gasteiger partial charge in [0.15, 0.2) is 0 Å². The number of rotatable bonds is 5. The number of amides is 1. The molecule has 0 fully saturated rings. The number of carbonyl (C=O) groups is 1. The molecule has 1 amide bonds. The Morgan fingerprint density at radius 1 is 1.41 bits per heavy atom. The van der Waals surface area contributed by atoms with Crippen molar-refractivity contribution in [3.8, 4) is 0 Å². The van der Waals surface area contributed by atoms with Crippen molar-refractivity contribution >= 4 is 11.6 Å². The molecule has 0 saturated carbocycles. The molecule has 0 bridgehead atoms. The third-order valence-electron chi connectivity index (χ3n) is 2.62. The zero-order valence-corrected chi connectivity index (χ0v) is 10.5. The smallest absolute Gasteiger partial charge is 0.228 e. The Morgan fingerprint density at radius 2 is 2.00 bits per heavy atom. The van der Waals surface area contributed by atoms with Crippen LogP contribution in [0.25, 0.3) is 0 Å². The van der Waals surface area contributed by atoms with Gasteiger partial charge in [-0.05, 0) is 37.7 Å². The largest absolute Gasteiger partial charge is 0.315 e. The lowest BCUT2D eigenvalue weighted by Gasteiger charge is -2.20. The zero-order valence-electron chi connectivity index (χ0n) is 10.5. The van der Waals surface area contributed by atoms with E-state index in [2.05, 4.69) is 5.32 Å². The first kappa shape index (κ1) is 13.6. The van der Waals surface area contributed by atoms with Gasteiger partial charge in [0.25, 0.3) is 0 Å². The number of nitrogens with one attached hydrogen (secondary N) is 1. The van der Waals surface area contributed by atoms with Crippen LogP contribution in [0.5, 0.6) is 0 Å². The Balaban J connectivity index is 2.60. The highest BCUT2D eigenvalue weighted by atomic mass is 19.1. The van der Waals surface area contributed by atoms with E-state index in [9.17, 15) is 9.18 Å². The van der Waals surface area contributed by atoms with Crippen molar-refractivity contribution in [1.82, 2.24) is 5.32 Å². The van der Waals surface area contributed by atoms with E-state index in [1.807, 2.05) is 13.8 Å². The third kappa shape index (κ3) is 4.15. The minimum absolute atomic E-state index is 0.0186. The molecule has 1 aromatic rings. The second-order valence-corrected chi connectivity index (χ2v) is 4.09. The number of anilines is 1. The van der Waals surface area contributed by atoms with Crippen LogP contribution < -0.4 is 10.2 Å². The summed E-state index contributed by atoms with van der Waals surface area (Å²) in [5.74, 6) is -0.277. The molecule has 94 valence electrons. The van der Waals surface area contributed by atoms with Gasteiger partial charge in [0.2, 0.25) is 5.91 Å². The van der Waals surface area contributed by atoms with E-state index in [-0.39, 0.29) is 17.8 Å². The average Bonchev–Trinajstić information content (AvgIpc) is 2.29. The van der Waals surface area contributed by atoms with Crippen LogP contribution in [-0.2, 0) is 4.79 Å². The molecule has 0 aromatic heterocycles. The van der Waals surface area contributed by atoms with Gasteiger partial charge in [-0.3, -0.25) is 4.79 Å². The first-order valence-corrected chi connectivity index (χ1v) is 5.80. The molecule has 0 heterocycles. The lowest BCUT2D eigenvalue weighted by atomic mass is 10.2. The number of hydrogen-bond acceptors (Lipinski definition) is 2. The minimum atomic E-state index is -0.296. The molecule has 0 aliphatic heterocycles. The molecular formula is C13H19FN2O. The predicted molar refractivity (Wildman–Crippen MR) is 67.6 cm³/mol. The van der Waals surface area contributed by atoms with E-state index in [4.69, 9.17) is 0 Å². The molecule has 0 saturated heterocycles. The molecule has 4 heteroatoms. The molecule has 17 heavy (non-hydrogen) atoms.